The first-order chi connectivity index (χ1) is 11.9. The molecule has 0 saturated heterocycles. The number of hydrogen-bond donors (Lipinski definition) is 2. The van der Waals surface area contributed by atoms with Crippen LogP contribution in [0.25, 0.3) is 0 Å². The number of hydrogen-bond acceptors (Lipinski definition) is 4. The minimum absolute atomic E-state index is 0.0822. The summed E-state index contributed by atoms with van der Waals surface area (Å²) in [6, 6.07) is 10.9. The molecular weight excluding hydrogens is 384 g/mol. The van der Waals surface area contributed by atoms with Gasteiger partial charge in [0.05, 0.1) is 6.21 Å². The molecule has 0 bridgehead atoms. The van der Waals surface area contributed by atoms with Crippen LogP contribution in [0.4, 0.5) is 0 Å². The first-order valence-corrected chi connectivity index (χ1v) is 8.70. The summed E-state index contributed by atoms with van der Waals surface area (Å²) in [5.74, 6) is 0.718. The minimum Gasteiger partial charge on any atom is -0.507 e. The Morgan fingerprint density at radius 2 is 2.08 bits per heavy atom. The summed E-state index contributed by atoms with van der Waals surface area (Å²) < 4.78 is 6.45. The zero-order valence-corrected chi connectivity index (χ0v) is 16.0. The standard InChI is InChI=1S/C19H21BrN2O3/c1-12(2)16-6-4-13(3)8-18(16)25-11-19(24)22-21-10-14-9-15(20)5-7-17(14)23/h4-10,12,23H,11H2,1-3H3,(H,22,24). The second-order valence-electron chi connectivity index (χ2n) is 5.98. The third kappa shape index (κ3) is 5.60. The van der Waals surface area contributed by atoms with Crippen molar-refractivity contribution in [2.45, 2.75) is 26.7 Å². The highest BCUT2D eigenvalue weighted by Gasteiger charge is 2.10. The number of amides is 1. The monoisotopic (exact) mass is 404 g/mol. The topological polar surface area (TPSA) is 70.9 Å². The maximum Gasteiger partial charge on any atom is 0.277 e. The van der Waals surface area contributed by atoms with E-state index in [1.54, 1.807) is 18.2 Å². The summed E-state index contributed by atoms with van der Waals surface area (Å²) >= 11 is 3.31. The Morgan fingerprint density at radius 1 is 1.32 bits per heavy atom. The summed E-state index contributed by atoms with van der Waals surface area (Å²) in [6.45, 7) is 6.00. The maximum atomic E-state index is 11.9. The highest BCUT2D eigenvalue weighted by atomic mass is 79.9. The predicted octanol–water partition coefficient (Wildman–Crippen LogP) is 4.12. The SMILES string of the molecule is Cc1ccc(C(C)C)c(OCC(=O)NN=Cc2cc(Br)ccc2O)c1. The minimum atomic E-state index is -0.373. The van der Waals surface area contributed by atoms with Gasteiger partial charge in [-0.25, -0.2) is 5.43 Å². The van der Waals surface area contributed by atoms with Crippen molar-refractivity contribution >= 4 is 28.1 Å². The Hall–Kier alpha value is -2.34. The van der Waals surface area contributed by atoms with Crippen molar-refractivity contribution in [1.29, 1.82) is 0 Å². The third-order valence-corrected chi connectivity index (χ3v) is 4.03. The third-order valence-electron chi connectivity index (χ3n) is 3.53. The average Bonchev–Trinajstić information content (AvgIpc) is 2.56. The van der Waals surface area contributed by atoms with E-state index >= 15 is 0 Å². The fourth-order valence-electron chi connectivity index (χ4n) is 2.22. The van der Waals surface area contributed by atoms with Crippen molar-refractivity contribution in [2.75, 3.05) is 6.61 Å². The number of aromatic hydroxyl groups is 1. The summed E-state index contributed by atoms with van der Waals surface area (Å²) in [5, 5.41) is 13.6. The van der Waals surface area contributed by atoms with E-state index in [2.05, 4.69) is 40.3 Å². The van der Waals surface area contributed by atoms with Gasteiger partial charge in [-0.15, -0.1) is 0 Å². The molecule has 0 aromatic heterocycles. The molecule has 0 aliphatic heterocycles. The summed E-state index contributed by atoms with van der Waals surface area (Å²) in [6.07, 6.45) is 1.38. The molecule has 0 atom stereocenters. The number of hydrazone groups is 1. The lowest BCUT2D eigenvalue weighted by Gasteiger charge is -2.14. The van der Waals surface area contributed by atoms with Gasteiger partial charge in [0.15, 0.2) is 6.61 Å². The molecule has 132 valence electrons. The molecule has 0 saturated carbocycles. The largest absolute Gasteiger partial charge is 0.507 e. The summed E-state index contributed by atoms with van der Waals surface area (Å²) in [4.78, 5) is 11.9. The van der Waals surface area contributed by atoms with Crippen molar-refractivity contribution in [2.24, 2.45) is 5.10 Å². The van der Waals surface area contributed by atoms with Crippen molar-refractivity contribution in [3.63, 3.8) is 0 Å². The molecule has 0 unspecified atom stereocenters. The normalized spacial score (nSPS) is 11.1. The van der Waals surface area contributed by atoms with Crippen LogP contribution in [-0.4, -0.2) is 23.8 Å². The molecule has 0 radical (unpaired) electrons. The number of aryl methyl sites for hydroxylation is 1. The second-order valence-corrected chi connectivity index (χ2v) is 6.90. The number of carbonyl (C=O) groups is 1. The van der Waals surface area contributed by atoms with E-state index in [9.17, 15) is 9.90 Å². The first kappa shape index (κ1) is 19.0. The Morgan fingerprint density at radius 3 is 2.80 bits per heavy atom. The summed E-state index contributed by atoms with van der Waals surface area (Å²) in [7, 11) is 0. The van der Waals surface area contributed by atoms with Crippen LogP contribution in [0, 0.1) is 6.92 Å². The lowest BCUT2D eigenvalue weighted by Crippen LogP contribution is -2.25. The number of nitrogens with zero attached hydrogens (tertiary/aromatic N) is 1. The number of carbonyl (C=O) groups excluding carboxylic acids is 1. The van der Waals surface area contributed by atoms with Crippen molar-refractivity contribution < 1.29 is 14.6 Å². The highest BCUT2D eigenvalue weighted by Crippen LogP contribution is 2.27. The molecule has 1 amide bonds. The Balaban J connectivity index is 1.94. The van der Waals surface area contributed by atoms with Crippen LogP contribution in [-0.2, 0) is 4.79 Å². The number of halogens is 1. The molecule has 0 spiro atoms. The van der Waals surface area contributed by atoms with Gasteiger partial charge in [0.2, 0.25) is 0 Å². The lowest BCUT2D eigenvalue weighted by molar-refractivity contribution is -0.123. The Kier molecular flexibility index (Phi) is 6.58. The smallest absolute Gasteiger partial charge is 0.277 e. The van der Waals surface area contributed by atoms with E-state index in [0.29, 0.717) is 17.2 Å². The molecule has 2 aromatic rings. The number of phenolic OH excluding ortho intramolecular Hbond substituents is 1. The van der Waals surface area contributed by atoms with Crippen LogP contribution in [0.2, 0.25) is 0 Å². The molecule has 0 aliphatic carbocycles. The van der Waals surface area contributed by atoms with Gasteiger partial charge in [-0.1, -0.05) is 41.9 Å². The van der Waals surface area contributed by atoms with Gasteiger partial charge < -0.3 is 9.84 Å². The van der Waals surface area contributed by atoms with E-state index in [0.717, 1.165) is 15.6 Å². The van der Waals surface area contributed by atoms with Gasteiger partial charge in [-0.2, -0.15) is 5.10 Å². The Bertz CT molecular complexity index is 788. The first-order valence-electron chi connectivity index (χ1n) is 7.90. The van der Waals surface area contributed by atoms with Gasteiger partial charge in [0.1, 0.15) is 11.5 Å². The van der Waals surface area contributed by atoms with Crippen molar-refractivity contribution in [3.05, 3.63) is 57.6 Å². The van der Waals surface area contributed by atoms with E-state index in [1.165, 1.54) is 6.21 Å². The van der Waals surface area contributed by atoms with Crippen LogP contribution in [0.5, 0.6) is 11.5 Å². The molecule has 0 aliphatic rings. The molecule has 0 fully saturated rings. The highest BCUT2D eigenvalue weighted by molar-refractivity contribution is 9.10. The fraction of sp³-hybridized carbons (Fsp3) is 0.263. The summed E-state index contributed by atoms with van der Waals surface area (Å²) in [5.41, 5.74) is 5.02. The Labute approximate surface area is 155 Å². The number of rotatable bonds is 6. The second kappa shape index (κ2) is 8.67. The van der Waals surface area contributed by atoms with Gasteiger partial charge >= 0.3 is 0 Å². The zero-order chi connectivity index (χ0) is 18.4. The van der Waals surface area contributed by atoms with Crippen molar-refractivity contribution in [3.8, 4) is 11.5 Å². The predicted molar refractivity (Wildman–Crippen MR) is 102 cm³/mol. The molecule has 6 heteroatoms. The average molecular weight is 405 g/mol. The van der Waals surface area contributed by atoms with Crippen LogP contribution >= 0.6 is 15.9 Å². The number of nitrogens with one attached hydrogen (secondary N) is 1. The quantitative estimate of drug-likeness (QED) is 0.561. The van der Waals surface area contributed by atoms with Gasteiger partial charge in [0.25, 0.3) is 5.91 Å². The van der Waals surface area contributed by atoms with Crippen LogP contribution in [0.1, 0.15) is 36.5 Å². The fourth-order valence-corrected chi connectivity index (χ4v) is 2.60. The molecule has 25 heavy (non-hydrogen) atoms. The van der Waals surface area contributed by atoms with E-state index in [1.807, 2.05) is 25.1 Å². The van der Waals surface area contributed by atoms with E-state index < -0.39 is 0 Å². The van der Waals surface area contributed by atoms with Gasteiger partial charge in [-0.05, 0) is 48.2 Å². The molecular formula is C19H21BrN2O3. The zero-order valence-electron chi connectivity index (χ0n) is 14.4. The van der Waals surface area contributed by atoms with Crippen molar-refractivity contribution in [1.82, 2.24) is 5.43 Å². The number of ether oxygens (including phenoxy) is 1. The molecule has 2 N–H and O–H groups in total. The molecule has 0 heterocycles. The number of benzene rings is 2. The van der Waals surface area contributed by atoms with Gasteiger partial charge in [-0.3, -0.25) is 4.79 Å². The van der Waals surface area contributed by atoms with Crippen LogP contribution in [0.3, 0.4) is 0 Å². The number of phenols is 1. The van der Waals surface area contributed by atoms with Gasteiger partial charge in [0, 0.05) is 10.0 Å². The maximum absolute atomic E-state index is 11.9. The van der Waals surface area contributed by atoms with E-state index in [-0.39, 0.29) is 18.3 Å². The molecule has 5 nitrogen and oxygen atoms in total. The molecule has 2 aromatic carbocycles. The lowest BCUT2D eigenvalue weighted by atomic mass is 10.0. The van der Waals surface area contributed by atoms with Crippen LogP contribution in [0.15, 0.2) is 46.0 Å². The van der Waals surface area contributed by atoms with Crippen LogP contribution < -0.4 is 10.2 Å². The molecule has 2 rings (SSSR count). The van der Waals surface area contributed by atoms with E-state index in [4.69, 9.17) is 4.74 Å².